The molecule has 1 amide bonds. The number of pyridine rings is 1. The van der Waals surface area contributed by atoms with Gasteiger partial charge in [-0.15, -0.1) is 0 Å². The van der Waals surface area contributed by atoms with Crippen molar-refractivity contribution in [2.24, 2.45) is 0 Å². The fraction of sp³-hybridized carbons (Fsp3) is 0.500. The molecule has 2 fully saturated rings. The molecular formula is C20H23F2N7O2. The molecule has 2 aromatic heterocycles. The number of halogens is 2. The van der Waals surface area contributed by atoms with Crippen LogP contribution < -0.4 is 25.2 Å². The van der Waals surface area contributed by atoms with E-state index in [9.17, 15) is 13.6 Å². The minimum absolute atomic E-state index is 0.0674. The number of fused-ring (bicyclic) bond motifs is 1. The van der Waals surface area contributed by atoms with E-state index in [1.165, 1.54) is 6.20 Å². The lowest BCUT2D eigenvalue weighted by Crippen LogP contribution is -2.54. The molecule has 0 atom stereocenters. The second-order valence-corrected chi connectivity index (χ2v) is 7.88. The lowest BCUT2D eigenvalue weighted by Gasteiger charge is -2.35. The first kappa shape index (κ1) is 19.9. The summed E-state index contributed by atoms with van der Waals surface area (Å²) in [6, 6.07) is 3.45. The normalized spacial score (nSPS) is 21.0. The summed E-state index contributed by atoms with van der Waals surface area (Å²) in [6.45, 7) is 3.69. The number of hydrogen-bond acceptors (Lipinski definition) is 8. The molecule has 0 radical (unpaired) electrons. The lowest BCUT2D eigenvalue weighted by molar-refractivity contribution is -0.193. The molecule has 4 heterocycles. The van der Waals surface area contributed by atoms with Crippen LogP contribution in [0.15, 0.2) is 24.5 Å². The van der Waals surface area contributed by atoms with Gasteiger partial charge in [-0.05, 0) is 25.0 Å². The number of anilines is 4. The molecule has 2 aromatic rings. The van der Waals surface area contributed by atoms with Gasteiger partial charge < -0.3 is 20.3 Å². The van der Waals surface area contributed by atoms with Crippen molar-refractivity contribution >= 4 is 29.2 Å². The molecular weight excluding hydrogens is 408 g/mol. The number of aromatic nitrogens is 3. The average Bonchev–Trinajstić information content (AvgIpc) is 3.30. The largest absolute Gasteiger partial charge is 0.483 e. The van der Waals surface area contributed by atoms with Crippen LogP contribution in [0.4, 0.5) is 32.1 Å². The number of ether oxygens (including phenoxy) is 1. The van der Waals surface area contributed by atoms with Gasteiger partial charge in [0.2, 0.25) is 5.95 Å². The first-order valence-corrected chi connectivity index (χ1v) is 10.5. The smallest absolute Gasteiger partial charge is 0.420 e. The Morgan fingerprint density at radius 2 is 1.90 bits per heavy atom. The van der Waals surface area contributed by atoms with Gasteiger partial charge in [-0.1, -0.05) is 12.8 Å². The van der Waals surface area contributed by atoms with Crippen molar-refractivity contribution in [3.63, 3.8) is 0 Å². The van der Waals surface area contributed by atoms with E-state index >= 15 is 0 Å². The quantitative estimate of drug-likeness (QED) is 0.762. The number of alkyl halides is 2. The van der Waals surface area contributed by atoms with Gasteiger partial charge in [-0.25, -0.2) is 9.97 Å². The molecule has 2 N–H and O–H groups in total. The summed E-state index contributed by atoms with van der Waals surface area (Å²) < 4.78 is 32.8. The SMILES string of the molecule is O=C1N(C2CCCC2)c2nc(Nc3ccc(N4CCNCC4)cn3)ncc2OC1(F)F. The molecule has 11 heteroatoms. The highest BCUT2D eigenvalue weighted by atomic mass is 19.3. The molecule has 31 heavy (non-hydrogen) atoms. The molecule has 5 rings (SSSR count). The fourth-order valence-electron chi connectivity index (χ4n) is 4.27. The Morgan fingerprint density at radius 3 is 2.61 bits per heavy atom. The van der Waals surface area contributed by atoms with Gasteiger partial charge in [0.15, 0.2) is 11.6 Å². The summed E-state index contributed by atoms with van der Waals surface area (Å²) >= 11 is 0. The molecule has 0 aromatic carbocycles. The number of carbonyl (C=O) groups excluding carboxylic acids is 1. The Bertz CT molecular complexity index is 961. The fourth-order valence-corrected chi connectivity index (χ4v) is 4.27. The van der Waals surface area contributed by atoms with Crippen LogP contribution in [-0.4, -0.2) is 59.2 Å². The molecule has 2 aliphatic heterocycles. The van der Waals surface area contributed by atoms with Crippen molar-refractivity contribution in [3.8, 4) is 5.75 Å². The molecule has 1 saturated carbocycles. The summed E-state index contributed by atoms with van der Waals surface area (Å²) in [5.41, 5.74) is 1.02. The predicted octanol–water partition coefficient (Wildman–Crippen LogP) is 2.29. The van der Waals surface area contributed by atoms with Gasteiger partial charge in [0.1, 0.15) is 5.82 Å². The van der Waals surface area contributed by atoms with Crippen LogP contribution in [0.3, 0.4) is 0 Å². The monoisotopic (exact) mass is 431 g/mol. The number of hydrogen-bond donors (Lipinski definition) is 2. The summed E-state index contributed by atoms with van der Waals surface area (Å²) in [4.78, 5) is 28.5. The summed E-state index contributed by atoms with van der Waals surface area (Å²) in [5.74, 6) is -0.845. The standard InChI is InChI=1S/C20H23F2N7O2/c21-20(22)18(30)29(13-3-1-2-4-13)17-15(31-20)12-25-19(27-17)26-16-6-5-14(11-24-16)28-9-7-23-8-10-28/h5-6,11-13,23H,1-4,7-10H2,(H,24,25,26,27). The summed E-state index contributed by atoms with van der Waals surface area (Å²) in [7, 11) is 0. The Morgan fingerprint density at radius 1 is 1.13 bits per heavy atom. The lowest BCUT2D eigenvalue weighted by atomic mass is 10.2. The Labute approximate surface area is 177 Å². The highest BCUT2D eigenvalue weighted by molar-refractivity contribution is 6.00. The van der Waals surface area contributed by atoms with Gasteiger partial charge in [0, 0.05) is 32.2 Å². The topological polar surface area (TPSA) is 95.5 Å². The van der Waals surface area contributed by atoms with Crippen LogP contribution in [-0.2, 0) is 4.79 Å². The average molecular weight is 431 g/mol. The van der Waals surface area contributed by atoms with E-state index in [0.717, 1.165) is 49.6 Å². The van der Waals surface area contributed by atoms with E-state index in [1.807, 2.05) is 12.1 Å². The van der Waals surface area contributed by atoms with Gasteiger partial charge in [-0.2, -0.15) is 13.8 Å². The molecule has 3 aliphatic rings. The zero-order valence-corrected chi connectivity index (χ0v) is 16.9. The van der Waals surface area contributed by atoms with E-state index in [0.29, 0.717) is 18.7 Å². The van der Waals surface area contributed by atoms with E-state index < -0.39 is 12.0 Å². The maximum atomic E-state index is 14.1. The van der Waals surface area contributed by atoms with E-state index in [1.54, 1.807) is 6.20 Å². The molecule has 1 saturated heterocycles. The molecule has 9 nitrogen and oxygen atoms in total. The van der Waals surface area contributed by atoms with Crippen molar-refractivity contribution < 1.29 is 18.3 Å². The van der Waals surface area contributed by atoms with Crippen LogP contribution >= 0.6 is 0 Å². The van der Waals surface area contributed by atoms with Crippen LogP contribution in [0.25, 0.3) is 0 Å². The maximum Gasteiger partial charge on any atom is 0.483 e. The van der Waals surface area contributed by atoms with Gasteiger partial charge in [0.25, 0.3) is 0 Å². The third-order valence-corrected chi connectivity index (χ3v) is 5.83. The first-order chi connectivity index (χ1) is 15.0. The van der Waals surface area contributed by atoms with E-state index in [2.05, 4.69) is 35.2 Å². The van der Waals surface area contributed by atoms with Gasteiger partial charge in [0.05, 0.1) is 18.1 Å². The Kier molecular flexibility index (Phi) is 5.05. The Balaban J connectivity index is 1.38. The van der Waals surface area contributed by atoms with Crippen LogP contribution in [0.1, 0.15) is 25.7 Å². The number of nitrogens with zero attached hydrogens (tertiary/aromatic N) is 5. The summed E-state index contributed by atoms with van der Waals surface area (Å²) in [5, 5.41) is 6.29. The third kappa shape index (κ3) is 3.85. The molecule has 0 spiro atoms. The highest BCUT2D eigenvalue weighted by Crippen LogP contribution is 2.41. The van der Waals surface area contributed by atoms with Crippen LogP contribution in [0.5, 0.6) is 5.75 Å². The zero-order chi connectivity index (χ0) is 21.4. The maximum absolute atomic E-state index is 14.1. The van der Waals surface area contributed by atoms with Crippen molar-refractivity contribution in [1.82, 2.24) is 20.3 Å². The van der Waals surface area contributed by atoms with Crippen molar-refractivity contribution in [3.05, 3.63) is 24.5 Å². The second-order valence-electron chi connectivity index (χ2n) is 7.88. The van der Waals surface area contributed by atoms with Gasteiger partial charge in [-0.3, -0.25) is 9.69 Å². The zero-order valence-electron chi connectivity index (χ0n) is 16.9. The minimum Gasteiger partial charge on any atom is -0.420 e. The second kappa shape index (κ2) is 7.88. The number of rotatable bonds is 4. The molecule has 1 aliphatic carbocycles. The first-order valence-electron chi connectivity index (χ1n) is 10.5. The predicted molar refractivity (Wildman–Crippen MR) is 110 cm³/mol. The number of amides is 1. The van der Waals surface area contributed by atoms with E-state index in [4.69, 9.17) is 0 Å². The van der Waals surface area contributed by atoms with Crippen LogP contribution in [0.2, 0.25) is 0 Å². The third-order valence-electron chi connectivity index (χ3n) is 5.83. The number of piperazine rings is 1. The molecule has 0 bridgehead atoms. The number of carbonyl (C=O) groups is 1. The number of nitrogens with one attached hydrogen (secondary N) is 2. The van der Waals surface area contributed by atoms with E-state index in [-0.39, 0.29) is 23.6 Å². The van der Waals surface area contributed by atoms with Crippen molar-refractivity contribution in [2.45, 2.75) is 37.8 Å². The summed E-state index contributed by atoms with van der Waals surface area (Å²) in [6.07, 6.45) is 2.10. The Hall–Kier alpha value is -3.08. The van der Waals surface area contributed by atoms with Crippen molar-refractivity contribution in [1.29, 1.82) is 0 Å². The van der Waals surface area contributed by atoms with Crippen LogP contribution in [0, 0.1) is 0 Å². The minimum atomic E-state index is -3.92. The van der Waals surface area contributed by atoms with Gasteiger partial charge >= 0.3 is 12.0 Å². The molecule has 0 unspecified atom stereocenters. The highest BCUT2D eigenvalue weighted by Gasteiger charge is 2.53. The molecule has 164 valence electrons. The van der Waals surface area contributed by atoms with Crippen molar-refractivity contribution in [2.75, 3.05) is 41.3 Å².